The molecule has 5 heteroatoms. The largest absolute Gasteiger partial charge is 0.317 e. The second-order valence-corrected chi connectivity index (χ2v) is 4.83. The number of amides is 1. The van der Waals surface area contributed by atoms with Gasteiger partial charge in [0.25, 0.3) is 5.91 Å². The van der Waals surface area contributed by atoms with Crippen LogP contribution in [0.15, 0.2) is 42.6 Å². The number of aryl methyl sites for hydroxylation is 2. The molecule has 1 aromatic heterocycles. The lowest BCUT2D eigenvalue weighted by atomic mass is 10.1. The highest BCUT2D eigenvalue weighted by atomic mass is 32.1. The summed E-state index contributed by atoms with van der Waals surface area (Å²) in [5, 5.41) is 5.72. The maximum Gasteiger partial charge on any atom is 0.257 e. The molecule has 0 unspecified atom stereocenters. The first-order chi connectivity index (χ1) is 9.56. The number of hydrogen-bond acceptors (Lipinski definition) is 3. The molecule has 20 heavy (non-hydrogen) atoms. The Labute approximate surface area is 123 Å². The molecule has 1 aromatic carbocycles. The van der Waals surface area contributed by atoms with Gasteiger partial charge in [0, 0.05) is 11.8 Å². The van der Waals surface area contributed by atoms with Gasteiger partial charge in [-0.2, -0.15) is 0 Å². The molecule has 102 valence electrons. The fourth-order valence-corrected chi connectivity index (χ4v) is 1.84. The summed E-state index contributed by atoms with van der Waals surface area (Å²) in [5.41, 5.74) is 2.80. The molecule has 0 aliphatic rings. The first-order valence-electron chi connectivity index (χ1n) is 6.17. The Kier molecular flexibility index (Phi) is 4.42. The summed E-state index contributed by atoms with van der Waals surface area (Å²) in [5.74, 6) is 0.361. The first kappa shape index (κ1) is 14.1. The minimum absolute atomic E-state index is 0.229. The van der Waals surface area contributed by atoms with Gasteiger partial charge < -0.3 is 5.32 Å². The maximum absolute atomic E-state index is 12.0. The van der Waals surface area contributed by atoms with Crippen LogP contribution in [0.4, 0.5) is 5.82 Å². The molecule has 0 aliphatic carbocycles. The fourth-order valence-electron chi connectivity index (χ4n) is 1.64. The van der Waals surface area contributed by atoms with Gasteiger partial charge in [-0.1, -0.05) is 12.1 Å². The third-order valence-electron chi connectivity index (χ3n) is 2.90. The van der Waals surface area contributed by atoms with Crippen LogP contribution in [0.25, 0.3) is 0 Å². The lowest BCUT2D eigenvalue weighted by Gasteiger charge is -2.09. The highest BCUT2D eigenvalue weighted by Gasteiger charge is 2.09. The smallest absolute Gasteiger partial charge is 0.257 e. The number of carbonyl (C=O) groups excluding carboxylic acids is 1. The van der Waals surface area contributed by atoms with E-state index in [9.17, 15) is 4.79 Å². The molecule has 2 rings (SSSR count). The molecule has 0 radical (unpaired) electrons. The minimum Gasteiger partial charge on any atom is -0.317 e. The van der Waals surface area contributed by atoms with Crippen molar-refractivity contribution >= 4 is 29.1 Å². The van der Waals surface area contributed by atoms with Crippen LogP contribution in [0.2, 0.25) is 0 Å². The predicted octanol–water partition coefficient (Wildman–Crippen LogP) is 2.83. The van der Waals surface area contributed by atoms with Gasteiger partial charge in [0.2, 0.25) is 0 Å². The third-order valence-corrected chi connectivity index (χ3v) is 3.11. The van der Waals surface area contributed by atoms with Crippen molar-refractivity contribution < 1.29 is 4.79 Å². The highest BCUT2D eigenvalue weighted by Crippen LogP contribution is 2.09. The number of hydrogen-bond donors (Lipinski definition) is 2. The normalized spacial score (nSPS) is 9.90. The molecule has 4 nitrogen and oxygen atoms in total. The Morgan fingerprint density at radius 3 is 2.60 bits per heavy atom. The van der Waals surface area contributed by atoms with Gasteiger partial charge in [-0.15, -0.1) is 0 Å². The Bertz CT molecular complexity index is 641. The molecule has 0 spiro atoms. The molecule has 0 atom stereocenters. The summed E-state index contributed by atoms with van der Waals surface area (Å²) < 4.78 is 0. The van der Waals surface area contributed by atoms with Crippen LogP contribution in [0.1, 0.15) is 21.5 Å². The summed E-state index contributed by atoms with van der Waals surface area (Å²) >= 11 is 5.09. The zero-order valence-corrected chi connectivity index (χ0v) is 12.1. The number of carbonyl (C=O) groups is 1. The lowest BCUT2D eigenvalue weighted by molar-refractivity contribution is 0.0977. The molecule has 0 saturated heterocycles. The first-order valence-corrected chi connectivity index (χ1v) is 6.58. The molecule has 2 aromatic rings. The highest BCUT2D eigenvalue weighted by molar-refractivity contribution is 7.80. The standard InChI is InChI=1S/C15H15N3OS/c1-10-6-7-12(9-11(10)2)14(19)18-15(20)17-13-5-3-4-8-16-13/h3-9H,1-2H3,(H2,16,17,18,19,20). The molecular weight excluding hydrogens is 270 g/mol. The average molecular weight is 285 g/mol. The van der Waals surface area contributed by atoms with E-state index in [0.29, 0.717) is 11.4 Å². The van der Waals surface area contributed by atoms with E-state index in [0.717, 1.165) is 11.1 Å². The minimum atomic E-state index is -0.235. The number of anilines is 1. The average Bonchev–Trinajstić information content (AvgIpc) is 2.42. The maximum atomic E-state index is 12.0. The quantitative estimate of drug-likeness (QED) is 0.833. The molecule has 1 amide bonds. The van der Waals surface area contributed by atoms with E-state index >= 15 is 0 Å². The number of nitrogens with one attached hydrogen (secondary N) is 2. The number of benzene rings is 1. The van der Waals surface area contributed by atoms with Crippen LogP contribution in [-0.2, 0) is 0 Å². The van der Waals surface area contributed by atoms with Gasteiger partial charge in [-0.3, -0.25) is 10.1 Å². The van der Waals surface area contributed by atoms with E-state index in [2.05, 4.69) is 15.6 Å². The number of thiocarbonyl (C=S) groups is 1. The lowest BCUT2D eigenvalue weighted by Crippen LogP contribution is -2.34. The van der Waals surface area contributed by atoms with E-state index < -0.39 is 0 Å². The van der Waals surface area contributed by atoms with Crippen molar-refractivity contribution in [3.63, 3.8) is 0 Å². The summed E-state index contributed by atoms with van der Waals surface area (Å²) in [4.78, 5) is 16.1. The Morgan fingerprint density at radius 2 is 1.95 bits per heavy atom. The monoisotopic (exact) mass is 285 g/mol. The van der Waals surface area contributed by atoms with E-state index in [4.69, 9.17) is 12.2 Å². The Balaban J connectivity index is 2.00. The number of aromatic nitrogens is 1. The van der Waals surface area contributed by atoms with Gasteiger partial charge in [-0.05, 0) is 61.5 Å². The van der Waals surface area contributed by atoms with Crippen LogP contribution in [-0.4, -0.2) is 16.0 Å². The van der Waals surface area contributed by atoms with Crippen molar-refractivity contribution in [1.82, 2.24) is 10.3 Å². The molecule has 0 saturated carbocycles. The summed E-state index contributed by atoms with van der Waals surface area (Å²) in [6.45, 7) is 3.97. The summed E-state index contributed by atoms with van der Waals surface area (Å²) in [7, 11) is 0. The number of rotatable bonds is 2. The van der Waals surface area contributed by atoms with E-state index in [1.165, 1.54) is 0 Å². The molecule has 0 bridgehead atoms. The summed E-state index contributed by atoms with van der Waals surface area (Å²) in [6, 6.07) is 11.0. The topological polar surface area (TPSA) is 54.0 Å². The van der Waals surface area contributed by atoms with Gasteiger partial charge in [0.1, 0.15) is 5.82 Å². The van der Waals surface area contributed by atoms with E-state index in [-0.39, 0.29) is 11.0 Å². The van der Waals surface area contributed by atoms with Crippen molar-refractivity contribution in [1.29, 1.82) is 0 Å². The number of pyridine rings is 1. The second-order valence-electron chi connectivity index (χ2n) is 4.42. The number of nitrogens with zero attached hydrogens (tertiary/aromatic N) is 1. The SMILES string of the molecule is Cc1ccc(C(=O)NC(=S)Nc2ccccn2)cc1C. The molecule has 0 fully saturated rings. The van der Waals surface area contributed by atoms with Crippen molar-refractivity contribution in [3.8, 4) is 0 Å². The van der Waals surface area contributed by atoms with Crippen LogP contribution >= 0.6 is 12.2 Å². The molecule has 1 heterocycles. The van der Waals surface area contributed by atoms with Crippen molar-refractivity contribution in [2.45, 2.75) is 13.8 Å². The van der Waals surface area contributed by atoms with Gasteiger partial charge in [0.15, 0.2) is 5.11 Å². The van der Waals surface area contributed by atoms with Crippen LogP contribution in [0, 0.1) is 13.8 Å². The van der Waals surface area contributed by atoms with Crippen molar-refractivity contribution in [2.75, 3.05) is 5.32 Å². The van der Waals surface area contributed by atoms with Gasteiger partial charge in [0.05, 0.1) is 0 Å². The van der Waals surface area contributed by atoms with E-state index in [1.807, 2.05) is 38.1 Å². The van der Waals surface area contributed by atoms with Gasteiger partial charge >= 0.3 is 0 Å². The molecule has 2 N–H and O–H groups in total. The second kappa shape index (κ2) is 6.25. The van der Waals surface area contributed by atoms with E-state index in [1.54, 1.807) is 18.3 Å². The van der Waals surface area contributed by atoms with Crippen molar-refractivity contribution in [2.24, 2.45) is 0 Å². The Morgan fingerprint density at radius 1 is 1.15 bits per heavy atom. The van der Waals surface area contributed by atoms with Crippen LogP contribution in [0.5, 0.6) is 0 Å². The zero-order valence-electron chi connectivity index (χ0n) is 11.3. The third kappa shape index (κ3) is 3.61. The van der Waals surface area contributed by atoms with Crippen molar-refractivity contribution in [3.05, 3.63) is 59.3 Å². The van der Waals surface area contributed by atoms with Crippen LogP contribution < -0.4 is 10.6 Å². The molecule has 0 aliphatic heterocycles. The Hall–Kier alpha value is -2.27. The van der Waals surface area contributed by atoms with Crippen LogP contribution in [0.3, 0.4) is 0 Å². The molecular formula is C15H15N3OS. The predicted molar refractivity (Wildman–Crippen MR) is 83.8 cm³/mol. The van der Waals surface area contributed by atoms with Gasteiger partial charge in [-0.25, -0.2) is 4.98 Å². The fraction of sp³-hybridized carbons (Fsp3) is 0.133. The zero-order chi connectivity index (χ0) is 14.5. The summed E-state index contributed by atoms with van der Waals surface area (Å²) in [6.07, 6.45) is 1.65.